The quantitative estimate of drug-likeness (QED) is 0.582. The fraction of sp³-hybridized carbons (Fsp3) is 0.571. The highest BCUT2D eigenvalue weighted by Gasteiger charge is 2.34. The summed E-state index contributed by atoms with van der Waals surface area (Å²) in [7, 11) is 0. The number of benzene rings is 1. The van der Waals surface area contributed by atoms with E-state index in [9.17, 15) is 17.6 Å². The number of halogens is 4. The standard InChI is InChI=1S/C14H19F4NO/c1-2-7-20-8-3-6-19-10-11-4-5-13(15)12(9-11)14(16,17)18/h4-5,9,19H,2-3,6-8,10H2,1H3. The third-order valence-corrected chi connectivity index (χ3v) is 2.66. The van der Waals surface area contributed by atoms with Crippen LogP contribution in [0.5, 0.6) is 0 Å². The van der Waals surface area contributed by atoms with Crippen LogP contribution in [0.1, 0.15) is 30.9 Å². The lowest BCUT2D eigenvalue weighted by Crippen LogP contribution is -2.17. The van der Waals surface area contributed by atoms with Gasteiger partial charge in [0.05, 0.1) is 5.56 Å². The van der Waals surface area contributed by atoms with E-state index < -0.39 is 17.6 Å². The number of alkyl halides is 3. The van der Waals surface area contributed by atoms with E-state index in [-0.39, 0.29) is 6.54 Å². The molecule has 0 unspecified atom stereocenters. The van der Waals surface area contributed by atoms with Gasteiger partial charge in [0.25, 0.3) is 0 Å². The van der Waals surface area contributed by atoms with Crippen LogP contribution in [0, 0.1) is 5.82 Å². The van der Waals surface area contributed by atoms with Crippen molar-refractivity contribution in [3.05, 3.63) is 35.1 Å². The van der Waals surface area contributed by atoms with Crippen LogP contribution < -0.4 is 5.32 Å². The summed E-state index contributed by atoms with van der Waals surface area (Å²) < 4.78 is 55.9. The van der Waals surface area contributed by atoms with Gasteiger partial charge in [0, 0.05) is 19.8 Å². The Morgan fingerprint density at radius 3 is 2.60 bits per heavy atom. The zero-order chi connectivity index (χ0) is 15.0. The van der Waals surface area contributed by atoms with Crippen molar-refractivity contribution >= 4 is 0 Å². The van der Waals surface area contributed by atoms with Crippen LogP contribution in [0.2, 0.25) is 0 Å². The van der Waals surface area contributed by atoms with Crippen LogP contribution in [0.25, 0.3) is 0 Å². The second kappa shape index (κ2) is 8.21. The second-order valence-corrected chi connectivity index (χ2v) is 4.45. The Hall–Kier alpha value is -1.14. The molecule has 0 fully saturated rings. The smallest absolute Gasteiger partial charge is 0.381 e. The first-order valence-electron chi connectivity index (χ1n) is 6.59. The van der Waals surface area contributed by atoms with Gasteiger partial charge < -0.3 is 10.1 Å². The fourth-order valence-electron chi connectivity index (χ4n) is 1.68. The first-order valence-corrected chi connectivity index (χ1v) is 6.59. The van der Waals surface area contributed by atoms with E-state index in [1.807, 2.05) is 6.92 Å². The van der Waals surface area contributed by atoms with E-state index in [0.29, 0.717) is 25.3 Å². The molecule has 1 aromatic rings. The summed E-state index contributed by atoms with van der Waals surface area (Å²) >= 11 is 0. The van der Waals surface area contributed by atoms with Crippen LogP contribution in [0.3, 0.4) is 0 Å². The average Bonchev–Trinajstić information content (AvgIpc) is 2.38. The van der Waals surface area contributed by atoms with Crippen LogP contribution in [-0.4, -0.2) is 19.8 Å². The Labute approximate surface area is 116 Å². The molecule has 0 aliphatic rings. The third kappa shape index (κ3) is 5.88. The predicted molar refractivity (Wildman–Crippen MR) is 68.8 cm³/mol. The van der Waals surface area contributed by atoms with Gasteiger partial charge in [-0.15, -0.1) is 0 Å². The zero-order valence-electron chi connectivity index (χ0n) is 11.4. The molecule has 0 saturated heterocycles. The van der Waals surface area contributed by atoms with E-state index in [0.717, 1.165) is 25.0 Å². The van der Waals surface area contributed by atoms with E-state index >= 15 is 0 Å². The summed E-state index contributed by atoms with van der Waals surface area (Å²) in [4.78, 5) is 0. The molecule has 1 aromatic carbocycles. The Bertz CT molecular complexity index is 407. The van der Waals surface area contributed by atoms with Crippen LogP contribution in [-0.2, 0) is 17.5 Å². The van der Waals surface area contributed by atoms with E-state index in [1.165, 1.54) is 6.07 Å². The summed E-state index contributed by atoms with van der Waals surface area (Å²) in [6.07, 6.45) is -2.91. The first-order chi connectivity index (χ1) is 9.45. The number of nitrogens with one attached hydrogen (secondary N) is 1. The molecular formula is C14H19F4NO. The van der Waals surface area contributed by atoms with E-state index in [4.69, 9.17) is 4.74 Å². The fourth-order valence-corrected chi connectivity index (χ4v) is 1.68. The van der Waals surface area contributed by atoms with Crippen LogP contribution in [0.4, 0.5) is 17.6 Å². The molecule has 6 heteroatoms. The molecule has 0 aliphatic heterocycles. The number of ether oxygens (including phenoxy) is 1. The van der Waals surface area contributed by atoms with E-state index in [1.54, 1.807) is 0 Å². The lowest BCUT2D eigenvalue weighted by Gasteiger charge is -2.11. The van der Waals surface area contributed by atoms with Crippen molar-refractivity contribution in [3.8, 4) is 0 Å². The summed E-state index contributed by atoms with van der Waals surface area (Å²) in [5.41, 5.74) is -0.809. The van der Waals surface area contributed by atoms with Gasteiger partial charge in [0.2, 0.25) is 0 Å². The molecule has 1 rings (SSSR count). The van der Waals surface area contributed by atoms with Crippen molar-refractivity contribution in [1.29, 1.82) is 0 Å². The SMILES string of the molecule is CCCOCCCNCc1ccc(F)c(C(F)(F)F)c1. The third-order valence-electron chi connectivity index (χ3n) is 2.66. The number of hydrogen-bond donors (Lipinski definition) is 1. The molecule has 0 saturated carbocycles. The minimum atomic E-state index is -4.66. The van der Waals surface area contributed by atoms with Crippen molar-refractivity contribution in [1.82, 2.24) is 5.32 Å². The van der Waals surface area contributed by atoms with Crippen LogP contribution in [0.15, 0.2) is 18.2 Å². The molecule has 0 heterocycles. The lowest BCUT2D eigenvalue weighted by atomic mass is 10.1. The molecular weight excluding hydrogens is 274 g/mol. The van der Waals surface area contributed by atoms with Crippen molar-refractivity contribution in [2.45, 2.75) is 32.5 Å². The Balaban J connectivity index is 2.38. The predicted octanol–water partition coefficient (Wildman–Crippen LogP) is 3.75. The van der Waals surface area contributed by atoms with Crippen molar-refractivity contribution in [3.63, 3.8) is 0 Å². The van der Waals surface area contributed by atoms with Crippen molar-refractivity contribution in [2.24, 2.45) is 0 Å². The van der Waals surface area contributed by atoms with Gasteiger partial charge in [-0.3, -0.25) is 0 Å². The van der Waals surface area contributed by atoms with Gasteiger partial charge in [0.1, 0.15) is 5.82 Å². The molecule has 0 radical (unpaired) electrons. The van der Waals surface area contributed by atoms with Gasteiger partial charge in [-0.1, -0.05) is 13.0 Å². The highest BCUT2D eigenvalue weighted by Crippen LogP contribution is 2.31. The maximum absolute atomic E-state index is 13.1. The molecule has 114 valence electrons. The maximum Gasteiger partial charge on any atom is 0.419 e. The minimum Gasteiger partial charge on any atom is -0.381 e. The molecule has 2 nitrogen and oxygen atoms in total. The van der Waals surface area contributed by atoms with Gasteiger partial charge in [-0.05, 0) is 37.1 Å². The van der Waals surface area contributed by atoms with Gasteiger partial charge in [-0.2, -0.15) is 13.2 Å². The largest absolute Gasteiger partial charge is 0.419 e. The molecule has 1 N–H and O–H groups in total. The molecule has 0 spiro atoms. The van der Waals surface area contributed by atoms with Gasteiger partial charge in [-0.25, -0.2) is 4.39 Å². The topological polar surface area (TPSA) is 21.3 Å². The highest BCUT2D eigenvalue weighted by atomic mass is 19.4. The summed E-state index contributed by atoms with van der Waals surface area (Å²) in [6, 6.07) is 3.05. The normalized spacial score (nSPS) is 11.8. The molecule has 20 heavy (non-hydrogen) atoms. The minimum absolute atomic E-state index is 0.275. The summed E-state index contributed by atoms with van der Waals surface area (Å²) in [6.45, 7) is 4.27. The highest BCUT2D eigenvalue weighted by molar-refractivity contribution is 5.27. The molecule has 0 aliphatic carbocycles. The van der Waals surface area contributed by atoms with E-state index in [2.05, 4.69) is 5.32 Å². The molecule has 0 amide bonds. The molecule has 0 aromatic heterocycles. The van der Waals surface area contributed by atoms with Gasteiger partial charge >= 0.3 is 6.18 Å². The number of hydrogen-bond acceptors (Lipinski definition) is 2. The Morgan fingerprint density at radius 2 is 1.95 bits per heavy atom. The number of rotatable bonds is 8. The lowest BCUT2D eigenvalue weighted by molar-refractivity contribution is -0.140. The average molecular weight is 293 g/mol. The molecule has 0 bridgehead atoms. The monoisotopic (exact) mass is 293 g/mol. The maximum atomic E-state index is 13.1. The van der Waals surface area contributed by atoms with Gasteiger partial charge in [0.15, 0.2) is 0 Å². The molecule has 0 atom stereocenters. The Morgan fingerprint density at radius 1 is 1.20 bits per heavy atom. The summed E-state index contributed by atoms with van der Waals surface area (Å²) in [5.74, 6) is -1.24. The van der Waals surface area contributed by atoms with Crippen LogP contribution >= 0.6 is 0 Å². The van der Waals surface area contributed by atoms with Crippen molar-refractivity contribution < 1.29 is 22.3 Å². The second-order valence-electron chi connectivity index (χ2n) is 4.45. The zero-order valence-corrected chi connectivity index (χ0v) is 11.4. The Kier molecular flexibility index (Phi) is 6.95. The first kappa shape index (κ1) is 16.9. The summed E-state index contributed by atoms with van der Waals surface area (Å²) in [5, 5.41) is 3.01. The van der Waals surface area contributed by atoms with Crippen molar-refractivity contribution in [2.75, 3.05) is 19.8 Å².